The van der Waals surface area contributed by atoms with Crippen molar-refractivity contribution >= 4 is 10.9 Å². The van der Waals surface area contributed by atoms with Crippen molar-refractivity contribution in [3.63, 3.8) is 0 Å². The van der Waals surface area contributed by atoms with Crippen LogP contribution >= 0.6 is 0 Å². The van der Waals surface area contributed by atoms with Crippen molar-refractivity contribution in [3.8, 4) is 11.5 Å². The maximum atomic E-state index is 5.60. The van der Waals surface area contributed by atoms with E-state index in [-0.39, 0.29) is 6.29 Å². The highest BCUT2D eigenvalue weighted by molar-refractivity contribution is 5.86. The van der Waals surface area contributed by atoms with Gasteiger partial charge in [-0.05, 0) is 12.1 Å². The molecule has 1 aromatic heterocycles. The number of hydrogen-bond acceptors (Lipinski definition) is 5. The lowest BCUT2D eigenvalue weighted by atomic mass is 10.2. The molecule has 0 saturated heterocycles. The molecular weight excluding hydrogens is 208 g/mol. The smallest absolute Gasteiger partial charge is 0.234 e. The molecule has 0 N–H and O–H groups in total. The van der Waals surface area contributed by atoms with Gasteiger partial charge < -0.3 is 14.2 Å². The number of aromatic nitrogens is 2. The molecule has 82 valence electrons. The lowest BCUT2D eigenvalue weighted by Gasteiger charge is -2.25. The van der Waals surface area contributed by atoms with Gasteiger partial charge in [0.1, 0.15) is 11.8 Å². The van der Waals surface area contributed by atoms with Gasteiger partial charge in [-0.25, -0.2) is 9.97 Å². The van der Waals surface area contributed by atoms with E-state index in [0.29, 0.717) is 18.1 Å². The topological polar surface area (TPSA) is 53.5 Å². The van der Waals surface area contributed by atoms with Gasteiger partial charge in [0.15, 0.2) is 18.1 Å². The minimum absolute atomic E-state index is 0.355. The number of nitrogens with zero attached hydrogens (tertiary/aromatic N) is 2. The summed E-state index contributed by atoms with van der Waals surface area (Å²) in [7, 11) is 1.59. The van der Waals surface area contributed by atoms with Crippen LogP contribution in [0.4, 0.5) is 0 Å². The first-order valence-corrected chi connectivity index (χ1v) is 4.93. The number of ether oxygens (including phenoxy) is 3. The van der Waals surface area contributed by atoms with E-state index in [1.807, 2.05) is 12.1 Å². The second-order valence-corrected chi connectivity index (χ2v) is 3.45. The summed E-state index contributed by atoms with van der Waals surface area (Å²) in [5, 5.41) is 0.931. The van der Waals surface area contributed by atoms with Crippen LogP contribution in [-0.2, 0) is 4.74 Å². The van der Waals surface area contributed by atoms with Gasteiger partial charge in [0.2, 0.25) is 6.29 Å². The first-order valence-electron chi connectivity index (χ1n) is 4.93. The second-order valence-electron chi connectivity index (χ2n) is 3.45. The maximum absolute atomic E-state index is 5.60. The van der Waals surface area contributed by atoms with Gasteiger partial charge >= 0.3 is 0 Å². The van der Waals surface area contributed by atoms with Crippen LogP contribution in [0.2, 0.25) is 0 Å². The number of fused-ring (bicyclic) bond motifs is 3. The Morgan fingerprint density at radius 2 is 2.38 bits per heavy atom. The molecule has 1 aliphatic rings. The first-order chi connectivity index (χ1) is 7.88. The fourth-order valence-corrected chi connectivity index (χ4v) is 1.69. The molecular formula is C11H10N2O3. The van der Waals surface area contributed by atoms with Crippen LogP contribution in [0.15, 0.2) is 24.7 Å². The molecule has 16 heavy (non-hydrogen) atoms. The van der Waals surface area contributed by atoms with Crippen molar-refractivity contribution in [1.82, 2.24) is 9.97 Å². The fourth-order valence-electron chi connectivity index (χ4n) is 1.69. The number of rotatable bonds is 1. The fraction of sp³-hybridized carbons (Fsp3) is 0.273. The van der Waals surface area contributed by atoms with E-state index >= 15 is 0 Å². The zero-order chi connectivity index (χ0) is 11.0. The third-order valence-electron chi connectivity index (χ3n) is 2.48. The van der Waals surface area contributed by atoms with E-state index < -0.39 is 0 Å². The quantitative estimate of drug-likeness (QED) is 0.723. The lowest BCUT2D eigenvalue weighted by Crippen LogP contribution is -2.30. The number of hydrogen-bond donors (Lipinski definition) is 0. The molecule has 5 heteroatoms. The van der Waals surface area contributed by atoms with E-state index in [1.54, 1.807) is 13.3 Å². The molecule has 0 aliphatic carbocycles. The maximum Gasteiger partial charge on any atom is 0.234 e. The van der Waals surface area contributed by atoms with E-state index in [1.165, 1.54) is 6.33 Å². The first kappa shape index (κ1) is 9.35. The molecule has 1 unspecified atom stereocenters. The van der Waals surface area contributed by atoms with Crippen LogP contribution in [0.3, 0.4) is 0 Å². The predicted octanol–water partition coefficient (Wildman–Crippen LogP) is 1.37. The number of benzene rings is 1. The predicted molar refractivity (Wildman–Crippen MR) is 56.5 cm³/mol. The highest BCUT2D eigenvalue weighted by Crippen LogP contribution is 2.37. The van der Waals surface area contributed by atoms with Gasteiger partial charge in [-0.15, -0.1) is 0 Å². The Kier molecular flexibility index (Phi) is 2.11. The zero-order valence-electron chi connectivity index (χ0n) is 8.71. The van der Waals surface area contributed by atoms with Gasteiger partial charge in [0, 0.05) is 18.7 Å². The Labute approximate surface area is 92.0 Å². The molecule has 1 atom stereocenters. The van der Waals surface area contributed by atoms with Crippen molar-refractivity contribution in [3.05, 3.63) is 24.7 Å². The van der Waals surface area contributed by atoms with Crippen LogP contribution < -0.4 is 9.47 Å². The molecule has 0 radical (unpaired) electrons. The summed E-state index contributed by atoms with van der Waals surface area (Å²) >= 11 is 0. The Bertz CT molecular complexity index is 530. The minimum atomic E-state index is -0.355. The average molecular weight is 218 g/mol. The average Bonchev–Trinajstić information content (AvgIpc) is 2.38. The molecule has 0 amide bonds. The van der Waals surface area contributed by atoms with Gasteiger partial charge in [-0.3, -0.25) is 0 Å². The molecule has 0 saturated carbocycles. The summed E-state index contributed by atoms with van der Waals surface area (Å²) in [4.78, 5) is 8.15. The second kappa shape index (κ2) is 3.61. The van der Waals surface area contributed by atoms with Crippen LogP contribution in [-0.4, -0.2) is 30.0 Å². The van der Waals surface area contributed by atoms with Crippen LogP contribution in [0.1, 0.15) is 0 Å². The molecule has 3 rings (SSSR count). The standard InChI is InChI=1S/C11H10N2O3/c1-14-9-5-15-11-8(16-9)3-2-7-4-12-6-13-10(7)11/h2-4,6,9H,5H2,1H3. The van der Waals surface area contributed by atoms with Gasteiger partial charge in [-0.1, -0.05) is 0 Å². The summed E-state index contributed by atoms with van der Waals surface area (Å²) in [6.07, 6.45) is 2.88. The van der Waals surface area contributed by atoms with Crippen molar-refractivity contribution in [2.24, 2.45) is 0 Å². The van der Waals surface area contributed by atoms with E-state index in [0.717, 1.165) is 10.9 Å². The van der Waals surface area contributed by atoms with E-state index in [9.17, 15) is 0 Å². The van der Waals surface area contributed by atoms with Gasteiger partial charge in [-0.2, -0.15) is 0 Å². The van der Waals surface area contributed by atoms with Gasteiger partial charge in [0.25, 0.3) is 0 Å². The third kappa shape index (κ3) is 1.37. The van der Waals surface area contributed by atoms with Crippen molar-refractivity contribution in [2.75, 3.05) is 13.7 Å². The normalized spacial score (nSPS) is 18.7. The largest absolute Gasteiger partial charge is 0.481 e. The number of methoxy groups -OCH3 is 1. The Balaban J connectivity index is 2.14. The molecule has 0 fully saturated rings. The van der Waals surface area contributed by atoms with Crippen molar-refractivity contribution < 1.29 is 14.2 Å². The van der Waals surface area contributed by atoms with Crippen LogP contribution in [0, 0.1) is 0 Å². The molecule has 0 bridgehead atoms. The highest BCUT2D eigenvalue weighted by atomic mass is 16.7. The molecule has 1 aromatic carbocycles. The van der Waals surface area contributed by atoms with Gasteiger partial charge in [0.05, 0.1) is 0 Å². The molecule has 5 nitrogen and oxygen atoms in total. The third-order valence-corrected chi connectivity index (χ3v) is 2.48. The van der Waals surface area contributed by atoms with E-state index in [2.05, 4.69) is 9.97 Å². The Morgan fingerprint density at radius 1 is 1.44 bits per heavy atom. The minimum Gasteiger partial charge on any atom is -0.481 e. The van der Waals surface area contributed by atoms with E-state index in [4.69, 9.17) is 14.2 Å². The summed E-state index contributed by atoms with van der Waals surface area (Å²) in [6, 6.07) is 3.74. The van der Waals surface area contributed by atoms with Crippen molar-refractivity contribution in [1.29, 1.82) is 0 Å². The Morgan fingerprint density at radius 3 is 3.25 bits per heavy atom. The summed E-state index contributed by atoms with van der Waals surface area (Å²) < 4.78 is 16.3. The van der Waals surface area contributed by atoms with Crippen LogP contribution in [0.5, 0.6) is 11.5 Å². The molecule has 1 aliphatic heterocycles. The summed E-state index contributed by atoms with van der Waals surface area (Å²) in [5.41, 5.74) is 0.766. The molecule has 0 spiro atoms. The van der Waals surface area contributed by atoms with Crippen LogP contribution in [0.25, 0.3) is 10.9 Å². The summed E-state index contributed by atoms with van der Waals surface area (Å²) in [5.74, 6) is 1.32. The van der Waals surface area contributed by atoms with Crippen molar-refractivity contribution in [2.45, 2.75) is 6.29 Å². The molecule has 2 aromatic rings. The summed E-state index contributed by atoms with van der Waals surface area (Å²) in [6.45, 7) is 0.368. The lowest BCUT2D eigenvalue weighted by molar-refractivity contribution is -0.0937. The molecule has 2 heterocycles. The SMILES string of the molecule is COC1COc2c(ccc3cncnc23)O1. The Hall–Kier alpha value is -1.88. The highest BCUT2D eigenvalue weighted by Gasteiger charge is 2.22. The zero-order valence-corrected chi connectivity index (χ0v) is 8.71. The monoisotopic (exact) mass is 218 g/mol.